The fourth-order valence-corrected chi connectivity index (χ4v) is 3.39. The molecule has 0 N–H and O–H groups in total. The summed E-state index contributed by atoms with van der Waals surface area (Å²) < 4.78 is 0. The lowest BCUT2D eigenvalue weighted by atomic mass is 10.0. The highest BCUT2D eigenvalue weighted by atomic mass is 35.5. The highest BCUT2D eigenvalue weighted by Gasteiger charge is 2.17. The van der Waals surface area contributed by atoms with Crippen LogP contribution in [-0.4, -0.2) is 26.2 Å². The van der Waals surface area contributed by atoms with Crippen molar-refractivity contribution in [1.29, 1.82) is 0 Å². The Bertz CT molecular complexity index is 528. The molecule has 3 rings (SSSR count). The fourth-order valence-electron chi connectivity index (χ4n) is 2.73. The molecule has 1 saturated heterocycles. The van der Waals surface area contributed by atoms with Gasteiger partial charge in [-0.15, -0.1) is 12.4 Å². The number of nitrogens with zero attached hydrogens (tertiary/aromatic N) is 2. The standard InChI is InChI=1S/C17H22N2S.ClH/c1-14(2)15-3-5-16(6-4-15)18-8-10-19(11-9-18)17-7-12-20-13-17;/h3-7,12-14H,8-11H2,1-2H3;1H. The number of thiophene rings is 1. The summed E-state index contributed by atoms with van der Waals surface area (Å²) in [5.41, 5.74) is 4.16. The van der Waals surface area contributed by atoms with Gasteiger partial charge in [0.1, 0.15) is 0 Å². The van der Waals surface area contributed by atoms with E-state index in [1.54, 1.807) is 11.3 Å². The van der Waals surface area contributed by atoms with Gasteiger partial charge in [-0.05, 0) is 35.1 Å². The number of anilines is 2. The van der Waals surface area contributed by atoms with Crippen molar-refractivity contribution in [2.45, 2.75) is 19.8 Å². The van der Waals surface area contributed by atoms with Gasteiger partial charge in [0.05, 0.1) is 0 Å². The maximum absolute atomic E-state index is 2.49. The summed E-state index contributed by atoms with van der Waals surface area (Å²) >= 11 is 1.78. The Morgan fingerprint density at radius 1 is 0.857 bits per heavy atom. The minimum absolute atomic E-state index is 0. The maximum atomic E-state index is 2.49. The third kappa shape index (κ3) is 3.72. The van der Waals surface area contributed by atoms with Gasteiger partial charge in [0.2, 0.25) is 0 Å². The number of rotatable bonds is 3. The minimum atomic E-state index is 0. The molecule has 1 aromatic heterocycles. The van der Waals surface area contributed by atoms with Gasteiger partial charge < -0.3 is 9.80 Å². The van der Waals surface area contributed by atoms with Crippen molar-refractivity contribution in [3.05, 3.63) is 46.7 Å². The third-order valence-electron chi connectivity index (χ3n) is 4.08. The van der Waals surface area contributed by atoms with Crippen molar-refractivity contribution in [2.24, 2.45) is 0 Å². The molecule has 0 amide bonds. The highest BCUT2D eigenvalue weighted by Crippen LogP contribution is 2.24. The van der Waals surface area contributed by atoms with E-state index in [4.69, 9.17) is 0 Å². The van der Waals surface area contributed by atoms with Crippen LogP contribution in [0.1, 0.15) is 25.3 Å². The number of piperazine rings is 1. The Morgan fingerprint density at radius 3 is 1.90 bits per heavy atom. The van der Waals surface area contributed by atoms with E-state index in [1.165, 1.54) is 16.9 Å². The molecule has 2 nitrogen and oxygen atoms in total. The second-order valence-corrected chi connectivity index (χ2v) is 6.48. The molecule has 1 fully saturated rings. The van der Waals surface area contributed by atoms with E-state index in [0.717, 1.165) is 26.2 Å². The molecule has 0 radical (unpaired) electrons. The van der Waals surface area contributed by atoms with Crippen molar-refractivity contribution in [2.75, 3.05) is 36.0 Å². The average molecular weight is 323 g/mol. The first-order chi connectivity index (χ1) is 9.74. The van der Waals surface area contributed by atoms with E-state index in [1.807, 2.05) is 0 Å². The lowest BCUT2D eigenvalue weighted by Gasteiger charge is -2.37. The number of benzene rings is 1. The van der Waals surface area contributed by atoms with Crippen molar-refractivity contribution in [3.8, 4) is 0 Å². The first kappa shape index (κ1) is 16.2. The van der Waals surface area contributed by atoms with Crippen LogP contribution in [0.2, 0.25) is 0 Å². The quantitative estimate of drug-likeness (QED) is 0.813. The Morgan fingerprint density at radius 2 is 1.43 bits per heavy atom. The molecule has 2 aromatic rings. The molecule has 0 spiro atoms. The van der Waals surface area contributed by atoms with Gasteiger partial charge >= 0.3 is 0 Å². The summed E-state index contributed by atoms with van der Waals surface area (Å²) in [7, 11) is 0. The Balaban J connectivity index is 0.00000161. The van der Waals surface area contributed by atoms with Crippen molar-refractivity contribution >= 4 is 35.1 Å². The number of hydrogen-bond donors (Lipinski definition) is 0. The molecule has 0 atom stereocenters. The van der Waals surface area contributed by atoms with E-state index in [9.17, 15) is 0 Å². The van der Waals surface area contributed by atoms with Crippen LogP contribution in [-0.2, 0) is 0 Å². The van der Waals surface area contributed by atoms with Crippen LogP contribution in [0.3, 0.4) is 0 Å². The van der Waals surface area contributed by atoms with Gasteiger partial charge in [-0.1, -0.05) is 26.0 Å². The van der Waals surface area contributed by atoms with Crippen LogP contribution < -0.4 is 9.80 Å². The SMILES string of the molecule is CC(C)c1ccc(N2CCN(c3ccsc3)CC2)cc1.Cl. The summed E-state index contributed by atoms with van der Waals surface area (Å²) in [6.07, 6.45) is 0. The summed E-state index contributed by atoms with van der Waals surface area (Å²) in [6.45, 7) is 8.93. The Kier molecular flexibility index (Phi) is 5.54. The molecule has 1 aromatic carbocycles. The molecular formula is C17H23ClN2S. The average Bonchev–Trinajstić information content (AvgIpc) is 3.02. The number of hydrogen-bond acceptors (Lipinski definition) is 3. The molecule has 2 heterocycles. The van der Waals surface area contributed by atoms with Crippen molar-refractivity contribution < 1.29 is 0 Å². The zero-order chi connectivity index (χ0) is 13.9. The van der Waals surface area contributed by atoms with Crippen LogP contribution in [0.5, 0.6) is 0 Å². The summed E-state index contributed by atoms with van der Waals surface area (Å²) in [5, 5.41) is 4.40. The minimum Gasteiger partial charge on any atom is -0.368 e. The summed E-state index contributed by atoms with van der Waals surface area (Å²) in [6, 6.07) is 11.3. The van der Waals surface area contributed by atoms with Gasteiger partial charge in [-0.2, -0.15) is 11.3 Å². The first-order valence-corrected chi connectivity index (χ1v) is 8.30. The fraction of sp³-hybridized carbons (Fsp3) is 0.412. The lowest BCUT2D eigenvalue weighted by Crippen LogP contribution is -2.46. The zero-order valence-corrected chi connectivity index (χ0v) is 14.3. The van der Waals surface area contributed by atoms with Crippen molar-refractivity contribution in [3.63, 3.8) is 0 Å². The molecule has 0 unspecified atom stereocenters. The summed E-state index contributed by atoms with van der Waals surface area (Å²) in [4.78, 5) is 4.97. The van der Waals surface area contributed by atoms with E-state index in [0.29, 0.717) is 5.92 Å². The largest absolute Gasteiger partial charge is 0.368 e. The van der Waals surface area contributed by atoms with Gasteiger partial charge in [0, 0.05) is 42.9 Å². The van der Waals surface area contributed by atoms with E-state index < -0.39 is 0 Å². The predicted octanol–water partition coefficient (Wildman–Crippen LogP) is 4.62. The monoisotopic (exact) mass is 322 g/mol. The topological polar surface area (TPSA) is 6.48 Å². The van der Waals surface area contributed by atoms with E-state index in [-0.39, 0.29) is 12.4 Å². The normalized spacial score (nSPS) is 15.2. The highest BCUT2D eigenvalue weighted by molar-refractivity contribution is 7.08. The van der Waals surface area contributed by atoms with Crippen LogP contribution in [0, 0.1) is 0 Å². The van der Waals surface area contributed by atoms with Crippen LogP contribution in [0.15, 0.2) is 41.1 Å². The predicted molar refractivity (Wildman–Crippen MR) is 96.5 cm³/mol. The molecule has 4 heteroatoms. The zero-order valence-electron chi connectivity index (χ0n) is 12.7. The van der Waals surface area contributed by atoms with Crippen molar-refractivity contribution in [1.82, 2.24) is 0 Å². The molecule has 21 heavy (non-hydrogen) atoms. The molecule has 0 aliphatic carbocycles. The number of halogens is 1. The molecule has 0 saturated carbocycles. The first-order valence-electron chi connectivity index (χ1n) is 7.36. The smallest absolute Gasteiger partial charge is 0.0476 e. The summed E-state index contributed by atoms with van der Waals surface area (Å²) in [5.74, 6) is 0.611. The molecule has 114 valence electrons. The Labute approximate surface area is 137 Å². The van der Waals surface area contributed by atoms with Gasteiger partial charge in [-0.25, -0.2) is 0 Å². The molecule has 1 aliphatic rings. The van der Waals surface area contributed by atoms with Crippen LogP contribution >= 0.6 is 23.7 Å². The third-order valence-corrected chi connectivity index (χ3v) is 4.75. The van der Waals surface area contributed by atoms with Gasteiger partial charge in [-0.3, -0.25) is 0 Å². The van der Waals surface area contributed by atoms with E-state index in [2.05, 4.69) is 64.7 Å². The molecular weight excluding hydrogens is 300 g/mol. The Hall–Kier alpha value is -1.19. The second-order valence-electron chi connectivity index (χ2n) is 5.70. The second kappa shape index (κ2) is 7.19. The maximum Gasteiger partial charge on any atom is 0.0476 e. The molecule has 1 aliphatic heterocycles. The molecule has 0 bridgehead atoms. The van der Waals surface area contributed by atoms with E-state index >= 15 is 0 Å². The van der Waals surface area contributed by atoms with Crippen LogP contribution in [0.25, 0.3) is 0 Å². The van der Waals surface area contributed by atoms with Gasteiger partial charge in [0.25, 0.3) is 0 Å². The van der Waals surface area contributed by atoms with Gasteiger partial charge in [0.15, 0.2) is 0 Å². The lowest BCUT2D eigenvalue weighted by molar-refractivity contribution is 0.654. The van der Waals surface area contributed by atoms with Crippen LogP contribution in [0.4, 0.5) is 11.4 Å².